The van der Waals surface area contributed by atoms with E-state index >= 15 is 0 Å². The summed E-state index contributed by atoms with van der Waals surface area (Å²) < 4.78 is 6.70. The van der Waals surface area contributed by atoms with Crippen molar-refractivity contribution in [1.82, 2.24) is 0 Å². The molecule has 63 heavy (non-hydrogen) atoms. The van der Waals surface area contributed by atoms with Gasteiger partial charge >= 0.3 is 0 Å². The van der Waals surface area contributed by atoms with Crippen molar-refractivity contribution in [1.29, 1.82) is 0 Å². The molecule has 12 rings (SSSR count). The van der Waals surface area contributed by atoms with Crippen LogP contribution in [0.1, 0.15) is 25.0 Å². The van der Waals surface area contributed by atoms with Crippen molar-refractivity contribution in [3.05, 3.63) is 236 Å². The van der Waals surface area contributed by atoms with Crippen LogP contribution >= 0.6 is 0 Å². The Kier molecular flexibility index (Phi) is 8.55. The number of furan rings is 1. The van der Waals surface area contributed by atoms with Crippen molar-refractivity contribution >= 4 is 49.8 Å². The molecule has 0 aliphatic heterocycles. The van der Waals surface area contributed by atoms with Crippen LogP contribution in [-0.2, 0) is 5.41 Å². The number of nitrogens with zero attached hydrogens (tertiary/aromatic N) is 1. The van der Waals surface area contributed by atoms with E-state index in [-0.39, 0.29) is 5.41 Å². The molecule has 0 unspecified atom stereocenters. The molecule has 0 radical (unpaired) electrons. The summed E-state index contributed by atoms with van der Waals surface area (Å²) in [6.45, 7) is 4.73. The number of anilines is 3. The monoisotopic (exact) mass is 805 g/mol. The summed E-state index contributed by atoms with van der Waals surface area (Å²) in [5, 5.41) is 4.53. The van der Waals surface area contributed by atoms with E-state index in [2.05, 4.69) is 243 Å². The third-order valence-electron chi connectivity index (χ3n) is 13.3. The molecule has 1 heterocycles. The van der Waals surface area contributed by atoms with Crippen molar-refractivity contribution in [2.45, 2.75) is 19.3 Å². The SMILES string of the molecule is CC1(C)c2ccccc2-c2cccc(-c3ccc(N(c4ccc(-c5cccc(-c6ccccc6)c5)cc4)c4ccccc4-c4cccc5oc6c7ccccc7ccc6c45)cc3)c21. The Morgan fingerprint density at radius 2 is 0.952 bits per heavy atom. The molecule has 2 nitrogen and oxygen atoms in total. The van der Waals surface area contributed by atoms with Gasteiger partial charge in [-0.25, -0.2) is 0 Å². The highest BCUT2D eigenvalue weighted by Crippen LogP contribution is 2.52. The fraction of sp³-hybridized carbons (Fsp3) is 0.0492. The zero-order valence-corrected chi connectivity index (χ0v) is 35.2. The highest BCUT2D eigenvalue weighted by molar-refractivity contribution is 6.19. The van der Waals surface area contributed by atoms with E-state index in [9.17, 15) is 0 Å². The van der Waals surface area contributed by atoms with E-state index in [0.29, 0.717) is 0 Å². The van der Waals surface area contributed by atoms with Gasteiger partial charge in [0.2, 0.25) is 0 Å². The summed E-state index contributed by atoms with van der Waals surface area (Å²) in [5.74, 6) is 0. The van der Waals surface area contributed by atoms with Crippen molar-refractivity contribution in [3.63, 3.8) is 0 Å². The number of rotatable bonds is 7. The standard InChI is InChI=1S/C61H43NO/c1-61(2)55-26-10-8-21-50(55)53-25-13-23-48(59(53)61)43-31-36-47(37-32-43)62(46-34-29-41(30-35-46)45-19-12-18-44(39-45)40-15-4-3-5-16-40)56-27-11-9-22-51(56)52-24-14-28-57-58(52)54-38-33-42-17-6-7-20-49(42)60(54)63-57/h3-39H,1-2H3. The van der Waals surface area contributed by atoms with E-state index in [0.717, 1.165) is 55.5 Å². The van der Waals surface area contributed by atoms with Gasteiger partial charge in [-0.3, -0.25) is 0 Å². The third kappa shape index (κ3) is 6.02. The number of hydrogen-bond acceptors (Lipinski definition) is 2. The van der Waals surface area contributed by atoms with Crippen LogP contribution in [0.15, 0.2) is 229 Å². The number of para-hydroxylation sites is 1. The van der Waals surface area contributed by atoms with Crippen molar-refractivity contribution in [2.24, 2.45) is 0 Å². The van der Waals surface area contributed by atoms with E-state index < -0.39 is 0 Å². The first-order valence-electron chi connectivity index (χ1n) is 21.8. The lowest BCUT2D eigenvalue weighted by Crippen LogP contribution is -2.16. The Hall–Kier alpha value is -7.94. The molecule has 0 saturated heterocycles. The summed E-state index contributed by atoms with van der Waals surface area (Å²) in [7, 11) is 0. The van der Waals surface area contributed by atoms with Gasteiger partial charge in [-0.1, -0.05) is 190 Å². The van der Waals surface area contributed by atoms with Gasteiger partial charge in [0.15, 0.2) is 0 Å². The summed E-state index contributed by atoms with van der Waals surface area (Å²) in [5.41, 5.74) is 19.9. The zero-order chi connectivity index (χ0) is 42.1. The second kappa shape index (κ2) is 14.6. The first-order valence-corrected chi connectivity index (χ1v) is 21.8. The van der Waals surface area contributed by atoms with Crippen LogP contribution in [0.3, 0.4) is 0 Å². The Bertz CT molecular complexity index is 3520. The molecular weight excluding hydrogens is 763 g/mol. The maximum absolute atomic E-state index is 6.70. The lowest BCUT2D eigenvalue weighted by Gasteiger charge is -2.29. The molecule has 0 spiro atoms. The maximum Gasteiger partial charge on any atom is 0.143 e. The van der Waals surface area contributed by atoms with Gasteiger partial charge in [-0.2, -0.15) is 0 Å². The molecule has 298 valence electrons. The zero-order valence-electron chi connectivity index (χ0n) is 35.2. The van der Waals surface area contributed by atoms with Crippen LogP contribution in [0.2, 0.25) is 0 Å². The first kappa shape index (κ1) is 36.9. The number of benzene rings is 10. The van der Waals surface area contributed by atoms with Gasteiger partial charge < -0.3 is 9.32 Å². The van der Waals surface area contributed by atoms with Gasteiger partial charge in [-0.15, -0.1) is 0 Å². The van der Waals surface area contributed by atoms with Gasteiger partial charge in [-0.05, 0) is 115 Å². The Morgan fingerprint density at radius 1 is 0.381 bits per heavy atom. The highest BCUT2D eigenvalue weighted by Gasteiger charge is 2.37. The third-order valence-corrected chi connectivity index (χ3v) is 13.3. The molecule has 0 amide bonds. The van der Waals surface area contributed by atoms with Crippen molar-refractivity contribution in [3.8, 4) is 55.6 Å². The average molecular weight is 806 g/mol. The van der Waals surface area contributed by atoms with Crippen molar-refractivity contribution in [2.75, 3.05) is 4.90 Å². The van der Waals surface area contributed by atoms with E-state index in [1.165, 1.54) is 61.0 Å². The molecule has 10 aromatic carbocycles. The molecule has 0 atom stereocenters. The molecule has 11 aromatic rings. The molecule has 0 N–H and O–H groups in total. The Balaban J connectivity index is 1.01. The van der Waals surface area contributed by atoms with E-state index in [4.69, 9.17) is 4.42 Å². The quantitative estimate of drug-likeness (QED) is 0.160. The van der Waals surface area contributed by atoms with Gasteiger partial charge in [0.25, 0.3) is 0 Å². The van der Waals surface area contributed by atoms with Crippen LogP contribution in [0.5, 0.6) is 0 Å². The Labute approximate surface area is 368 Å². The lowest BCUT2D eigenvalue weighted by molar-refractivity contribution is 0.662. The van der Waals surface area contributed by atoms with Crippen LogP contribution < -0.4 is 4.90 Å². The predicted octanol–water partition coefficient (Wildman–Crippen LogP) is 17.2. The molecule has 2 heteroatoms. The van der Waals surface area contributed by atoms with E-state index in [1.807, 2.05) is 0 Å². The first-order chi connectivity index (χ1) is 31.0. The second-order valence-corrected chi connectivity index (χ2v) is 17.2. The number of hydrogen-bond donors (Lipinski definition) is 0. The van der Waals surface area contributed by atoms with Crippen LogP contribution in [-0.4, -0.2) is 0 Å². The minimum Gasteiger partial charge on any atom is -0.455 e. The van der Waals surface area contributed by atoms with Crippen LogP contribution in [0, 0.1) is 0 Å². The van der Waals surface area contributed by atoms with Crippen LogP contribution in [0.4, 0.5) is 17.1 Å². The average Bonchev–Trinajstić information content (AvgIpc) is 3.85. The second-order valence-electron chi connectivity index (χ2n) is 17.2. The summed E-state index contributed by atoms with van der Waals surface area (Å²) in [4.78, 5) is 2.41. The van der Waals surface area contributed by atoms with Gasteiger partial charge in [0.05, 0.1) is 5.69 Å². The lowest BCUT2D eigenvalue weighted by atomic mass is 9.79. The molecule has 1 aliphatic carbocycles. The van der Waals surface area contributed by atoms with Gasteiger partial charge in [0.1, 0.15) is 11.2 Å². The molecule has 0 bridgehead atoms. The fourth-order valence-corrected chi connectivity index (χ4v) is 10.3. The summed E-state index contributed by atoms with van der Waals surface area (Å²) >= 11 is 0. The molecule has 1 aliphatic rings. The largest absolute Gasteiger partial charge is 0.455 e. The molecule has 1 aromatic heterocycles. The topological polar surface area (TPSA) is 16.4 Å². The minimum absolute atomic E-state index is 0.112. The van der Waals surface area contributed by atoms with E-state index in [1.54, 1.807) is 0 Å². The molecule has 0 saturated carbocycles. The minimum atomic E-state index is -0.112. The predicted molar refractivity (Wildman–Crippen MR) is 265 cm³/mol. The number of fused-ring (bicyclic) bond motifs is 8. The molecule has 0 fully saturated rings. The van der Waals surface area contributed by atoms with Crippen molar-refractivity contribution < 1.29 is 4.42 Å². The maximum atomic E-state index is 6.70. The smallest absolute Gasteiger partial charge is 0.143 e. The summed E-state index contributed by atoms with van der Waals surface area (Å²) in [6.07, 6.45) is 0. The summed E-state index contributed by atoms with van der Waals surface area (Å²) in [6, 6.07) is 81.5. The molecular formula is C61H43NO. The Morgan fingerprint density at radius 3 is 1.75 bits per heavy atom. The highest BCUT2D eigenvalue weighted by atomic mass is 16.3. The van der Waals surface area contributed by atoms with Crippen LogP contribution in [0.25, 0.3) is 88.3 Å². The van der Waals surface area contributed by atoms with Gasteiger partial charge in [0, 0.05) is 38.5 Å². The normalized spacial score (nSPS) is 12.7. The fourth-order valence-electron chi connectivity index (χ4n) is 10.3.